The summed E-state index contributed by atoms with van der Waals surface area (Å²) >= 11 is 0. The van der Waals surface area contributed by atoms with E-state index in [0.717, 1.165) is 38.3 Å². The SMILES string of the molecule is COc1cc(C)c(CN2CC[C@@]3(CO)CCCN(C)[C@@H]3C2)cc1C. The molecular formula is C20H32N2O2. The van der Waals surface area contributed by atoms with E-state index in [4.69, 9.17) is 4.74 Å². The van der Waals surface area contributed by atoms with Crippen LogP contribution in [0.5, 0.6) is 5.75 Å². The third-order valence-electron chi connectivity index (χ3n) is 6.34. The number of nitrogens with zero attached hydrogens (tertiary/aromatic N) is 2. The molecule has 0 bridgehead atoms. The van der Waals surface area contributed by atoms with Crippen molar-refractivity contribution in [2.24, 2.45) is 5.41 Å². The zero-order valence-electron chi connectivity index (χ0n) is 15.6. The average Bonchev–Trinajstić information content (AvgIpc) is 2.58. The Bertz CT molecular complexity index is 589. The van der Waals surface area contributed by atoms with Gasteiger partial charge >= 0.3 is 0 Å². The lowest BCUT2D eigenvalue weighted by atomic mass is 9.69. The molecule has 0 aliphatic carbocycles. The Balaban J connectivity index is 1.75. The zero-order valence-corrected chi connectivity index (χ0v) is 15.6. The maximum Gasteiger partial charge on any atom is 0.122 e. The van der Waals surface area contributed by atoms with E-state index in [0.29, 0.717) is 12.6 Å². The Morgan fingerprint density at radius 1 is 1.21 bits per heavy atom. The summed E-state index contributed by atoms with van der Waals surface area (Å²) in [4.78, 5) is 5.03. The second-order valence-corrected chi connectivity index (χ2v) is 7.85. The summed E-state index contributed by atoms with van der Waals surface area (Å²) in [5, 5.41) is 10.0. The van der Waals surface area contributed by atoms with Gasteiger partial charge in [0.05, 0.1) is 13.7 Å². The second kappa shape index (κ2) is 7.03. The van der Waals surface area contributed by atoms with E-state index in [-0.39, 0.29) is 5.41 Å². The van der Waals surface area contributed by atoms with Crippen molar-refractivity contribution in [1.29, 1.82) is 0 Å². The summed E-state index contributed by atoms with van der Waals surface area (Å²) in [7, 11) is 3.96. The first-order valence-electron chi connectivity index (χ1n) is 9.16. The lowest BCUT2D eigenvalue weighted by molar-refractivity contribution is -0.0684. The molecule has 2 heterocycles. The number of rotatable bonds is 4. The predicted octanol–water partition coefficient (Wildman–Crippen LogP) is 2.59. The van der Waals surface area contributed by atoms with Crippen LogP contribution < -0.4 is 4.74 Å². The molecule has 24 heavy (non-hydrogen) atoms. The van der Waals surface area contributed by atoms with E-state index in [2.05, 4.69) is 42.8 Å². The fourth-order valence-electron chi connectivity index (χ4n) is 4.70. The molecule has 0 amide bonds. The van der Waals surface area contributed by atoms with Gasteiger partial charge < -0.3 is 14.7 Å². The molecule has 134 valence electrons. The van der Waals surface area contributed by atoms with Crippen LogP contribution in [0.4, 0.5) is 0 Å². The molecule has 2 atom stereocenters. The molecule has 2 aliphatic heterocycles. The summed E-state index contributed by atoms with van der Waals surface area (Å²) in [6, 6.07) is 4.90. The number of benzene rings is 1. The van der Waals surface area contributed by atoms with Gasteiger partial charge in [0.15, 0.2) is 0 Å². The molecule has 0 radical (unpaired) electrons. The topological polar surface area (TPSA) is 35.9 Å². The van der Waals surface area contributed by atoms with Crippen molar-refractivity contribution < 1.29 is 9.84 Å². The third-order valence-corrected chi connectivity index (χ3v) is 6.34. The summed E-state index contributed by atoms with van der Waals surface area (Å²) in [5.41, 5.74) is 4.01. The van der Waals surface area contributed by atoms with Crippen molar-refractivity contribution in [2.45, 2.75) is 45.7 Å². The predicted molar refractivity (Wildman–Crippen MR) is 97.5 cm³/mol. The molecule has 0 aromatic heterocycles. The van der Waals surface area contributed by atoms with E-state index in [1.165, 1.54) is 29.5 Å². The molecule has 2 aliphatic rings. The molecule has 1 N–H and O–H groups in total. The molecule has 4 nitrogen and oxygen atoms in total. The molecular weight excluding hydrogens is 300 g/mol. The largest absolute Gasteiger partial charge is 0.496 e. The van der Waals surface area contributed by atoms with E-state index in [9.17, 15) is 5.11 Å². The number of aliphatic hydroxyl groups excluding tert-OH is 1. The van der Waals surface area contributed by atoms with Gasteiger partial charge in [-0.15, -0.1) is 0 Å². The third kappa shape index (κ3) is 3.19. The van der Waals surface area contributed by atoms with Crippen molar-refractivity contribution >= 4 is 0 Å². The highest BCUT2D eigenvalue weighted by Gasteiger charge is 2.46. The van der Waals surface area contributed by atoms with Crippen molar-refractivity contribution in [3.8, 4) is 5.75 Å². The van der Waals surface area contributed by atoms with Crippen molar-refractivity contribution in [2.75, 3.05) is 40.4 Å². The van der Waals surface area contributed by atoms with Gasteiger partial charge in [-0.05, 0) is 76.0 Å². The summed E-state index contributed by atoms with van der Waals surface area (Å²) in [6.07, 6.45) is 3.49. The number of aryl methyl sites for hydroxylation is 2. The molecule has 0 spiro atoms. The van der Waals surface area contributed by atoms with E-state index < -0.39 is 0 Å². The van der Waals surface area contributed by atoms with Gasteiger partial charge in [-0.3, -0.25) is 4.90 Å². The molecule has 1 aromatic carbocycles. The number of ether oxygens (including phenoxy) is 1. The minimum Gasteiger partial charge on any atom is -0.496 e. The maximum atomic E-state index is 10.0. The van der Waals surface area contributed by atoms with E-state index in [1.54, 1.807) is 7.11 Å². The number of piperidine rings is 2. The van der Waals surface area contributed by atoms with Crippen LogP contribution in [0, 0.1) is 19.3 Å². The van der Waals surface area contributed by atoms with Crippen LogP contribution >= 0.6 is 0 Å². The lowest BCUT2D eigenvalue weighted by Gasteiger charge is -2.53. The Labute approximate surface area is 146 Å². The van der Waals surface area contributed by atoms with Crippen molar-refractivity contribution in [3.05, 3.63) is 28.8 Å². The number of hydrogen-bond donors (Lipinski definition) is 1. The first-order chi connectivity index (χ1) is 11.5. The molecule has 4 heteroatoms. The second-order valence-electron chi connectivity index (χ2n) is 7.85. The Hall–Kier alpha value is -1.10. The highest BCUT2D eigenvalue weighted by atomic mass is 16.5. The number of likely N-dealkylation sites (N-methyl/N-ethyl adjacent to an activating group) is 1. The quantitative estimate of drug-likeness (QED) is 0.919. The summed E-state index contributed by atoms with van der Waals surface area (Å²) in [5.74, 6) is 0.973. The first-order valence-corrected chi connectivity index (χ1v) is 9.16. The molecule has 2 saturated heterocycles. The Kier molecular flexibility index (Phi) is 5.19. The van der Waals surface area contributed by atoms with Crippen LogP contribution in [-0.2, 0) is 6.54 Å². The lowest BCUT2D eigenvalue weighted by Crippen LogP contribution is -2.61. The Morgan fingerprint density at radius 3 is 2.71 bits per heavy atom. The maximum absolute atomic E-state index is 10.0. The number of fused-ring (bicyclic) bond motifs is 1. The zero-order chi connectivity index (χ0) is 17.3. The molecule has 0 unspecified atom stereocenters. The fourth-order valence-corrected chi connectivity index (χ4v) is 4.70. The first kappa shape index (κ1) is 17.7. The van der Waals surface area contributed by atoms with Crippen LogP contribution in [0.3, 0.4) is 0 Å². The van der Waals surface area contributed by atoms with Crippen LogP contribution in [0.25, 0.3) is 0 Å². The van der Waals surface area contributed by atoms with Crippen LogP contribution in [0.2, 0.25) is 0 Å². The van der Waals surface area contributed by atoms with Gasteiger partial charge in [-0.1, -0.05) is 6.07 Å². The van der Waals surface area contributed by atoms with Gasteiger partial charge in [0.25, 0.3) is 0 Å². The highest BCUT2D eigenvalue weighted by molar-refractivity contribution is 5.41. The van der Waals surface area contributed by atoms with Crippen LogP contribution in [0.15, 0.2) is 12.1 Å². The average molecular weight is 332 g/mol. The van der Waals surface area contributed by atoms with Crippen molar-refractivity contribution in [1.82, 2.24) is 9.80 Å². The van der Waals surface area contributed by atoms with E-state index in [1.807, 2.05) is 0 Å². The summed E-state index contributed by atoms with van der Waals surface area (Å²) < 4.78 is 5.44. The van der Waals surface area contributed by atoms with Gasteiger partial charge in [0.1, 0.15) is 5.75 Å². The number of aliphatic hydroxyl groups is 1. The van der Waals surface area contributed by atoms with Crippen LogP contribution in [-0.4, -0.2) is 61.3 Å². The van der Waals surface area contributed by atoms with Crippen LogP contribution in [0.1, 0.15) is 36.0 Å². The number of hydrogen-bond acceptors (Lipinski definition) is 4. The van der Waals surface area contributed by atoms with Gasteiger partial charge in [-0.25, -0.2) is 0 Å². The fraction of sp³-hybridized carbons (Fsp3) is 0.700. The van der Waals surface area contributed by atoms with E-state index >= 15 is 0 Å². The van der Waals surface area contributed by atoms with Gasteiger partial charge in [0.2, 0.25) is 0 Å². The molecule has 2 fully saturated rings. The molecule has 3 rings (SSSR count). The van der Waals surface area contributed by atoms with Crippen molar-refractivity contribution in [3.63, 3.8) is 0 Å². The number of likely N-dealkylation sites (tertiary alicyclic amines) is 2. The standard InChI is InChI=1S/C20H32N2O2/c1-15-11-18(24-4)16(2)10-17(15)12-22-9-7-20(14-23)6-5-8-21(3)19(20)13-22/h10-11,19,23H,5-9,12-14H2,1-4H3/t19-,20-/m1/s1. The molecule has 1 aromatic rings. The van der Waals surface area contributed by atoms with Gasteiger partial charge in [-0.2, -0.15) is 0 Å². The Morgan fingerprint density at radius 2 is 2.00 bits per heavy atom. The molecule has 0 saturated carbocycles. The minimum absolute atomic E-state index is 0.119. The highest BCUT2D eigenvalue weighted by Crippen LogP contribution is 2.41. The number of methoxy groups -OCH3 is 1. The minimum atomic E-state index is 0.119. The monoisotopic (exact) mass is 332 g/mol. The normalized spacial score (nSPS) is 28.6. The summed E-state index contributed by atoms with van der Waals surface area (Å²) in [6.45, 7) is 8.90. The smallest absolute Gasteiger partial charge is 0.122 e. The van der Waals surface area contributed by atoms with Gasteiger partial charge in [0, 0.05) is 24.5 Å².